The highest BCUT2D eigenvalue weighted by atomic mass is 35.5. The van der Waals surface area contributed by atoms with Gasteiger partial charge in [-0.15, -0.1) is 0 Å². The Labute approximate surface area is 290 Å². The Morgan fingerprint density at radius 3 is 1.66 bits per heavy atom. The van der Waals surface area contributed by atoms with Gasteiger partial charge in [-0.25, -0.2) is 9.97 Å². The van der Waals surface area contributed by atoms with Gasteiger partial charge in [-0.3, -0.25) is 0 Å². The normalized spacial score (nSPS) is 21.0. The molecular weight excluding hydrogens is 652 g/mol. The lowest BCUT2D eigenvalue weighted by Crippen LogP contribution is -2.28. The predicted molar refractivity (Wildman–Crippen MR) is 192 cm³/mol. The van der Waals surface area contributed by atoms with Crippen molar-refractivity contribution in [2.75, 3.05) is 22.1 Å². The summed E-state index contributed by atoms with van der Waals surface area (Å²) in [7, 11) is 0. The number of aliphatic hydroxyl groups excluding tert-OH is 2. The Balaban J connectivity index is 0.000000185. The molecular formula is C34H43ClN8O2S2. The zero-order valence-electron chi connectivity index (χ0n) is 26.7. The molecule has 2 aliphatic carbocycles. The topological polar surface area (TPSA) is 168 Å². The van der Waals surface area contributed by atoms with Crippen molar-refractivity contribution in [3.05, 3.63) is 71.0 Å². The van der Waals surface area contributed by atoms with Gasteiger partial charge in [-0.05, 0) is 101 Å². The number of halogens is 1. The van der Waals surface area contributed by atoms with Gasteiger partial charge in [-0.2, -0.15) is 9.97 Å². The standard InChI is InChI=1S/C17H21ClN4OS.C17H22N4OS/c1-10-8-11(18)2-7-14(10)24-15-9-20-17(19)22-16(15)21-12-3-5-13(23)6-4-12;1-11-2-8-14(9-3-11)23-15-10-19-17(18)21-16(15)20-12-4-6-13(22)7-5-12/h2,7-9,12-13,23H,3-6H2,1H3,(H3,19,20,21,22);2-3,8-10,12-13,22H,4-7H2,1H3,(H3,18,19,20,21). The maximum atomic E-state index is 9.65. The summed E-state index contributed by atoms with van der Waals surface area (Å²) in [5.41, 5.74) is 13.9. The summed E-state index contributed by atoms with van der Waals surface area (Å²) < 4.78 is 0. The summed E-state index contributed by atoms with van der Waals surface area (Å²) in [5, 5.41) is 27.0. The Kier molecular flexibility index (Phi) is 12.4. The molecule has 2 heterocycles. The van der Waals surface area contributed by atoms with E-state index in [2.05, 4.69) is 61.8 Å². The number of rotatable bonds is 8. The zero-order chi connectivity index (χ0) is 33.3. The molecule has 0 spiro atoms. The van der Waals surface area contributed by atoms with Gasteiger partial charge >= 0.3 is 0 Å². The number of hydrogen-bond acceptors (Lipinski definition) is 12. The first-order valence-corrected chi connectivity index (χ1v) is 17.9. The highest BCUT2D eigenvalue weighted by Gasteiger charge is 2.22. The molecule has 8 N–H and O–H groups in total. The maximum absolute atomic E-state index is 9.65. The van der Waals surface area contributed by atoms with Crippen LogP contribution in [0.3, 0.4) is 0 Å². The van der Waals surface area contributed by atoms with Crippen LogP contribution in [-0.2, 0) is 0 Å². The number of aromatic nitrogens is 4. The summed E-state index contributed by atoms with van der Waals surface area (Å²) in [5.74, 6) is 2.06. The molecule has 47 heavy (non-hydrogen) atoms. The lowest BCUT2D eigenvalue weighted by Gasteiger charge is -2.27. The fourth-order valence-corrected chi connectivity index (χ4v) is 7.49. The van der Waals surface area contributed by atoms with Crippen molar-refractivity contribution >= 4 is 58.7 Å². The molecule has 13 heteroatoms. The Bertz CT molecular complexity index is 1610. The SMILES string of the molecule is Cc1cc(Cl)ccc1Sc1cnc(N)nc1NC1CCC(O)CC1.Cc1ccc(Sc2cnc(N)nc2NC2CCC(O)CC2)cc1. The highest BCUT2D eigenvalue weighted by molar-refractivity contribution is 7.99. The minimum Gasteiger partial charge on any atom is -0.393 e. The lowest BCUT2D eigenvalue weighted by atomic mass is 9.93. The number of hydrogen-bond donors (Lipinski definition) is 6. The number of nitrogens with one attached hydrogen (secondary N) is 2. The number of benzene rings is 2. The first-order valence-electron chi connectivity index (χ1n) is 15.9. The summed E-state index contributed by atoms with van der Waals surface area (Å²) >= 11 is 9.25. The van der Waals surface area contributed by atoms with Crippen LogP contribution in [0.15, 0.2) is 74.4 Å². The van der Waals surface area contributed by atoms with E-state index in [1.165, 1.54) is 5.56 Å². The molecule has 0 bridgehead atoms. The first-order chi connectivity index (χ1) is 22.6. The molecule has 2 saturated carbocycles. The van der Waals surface area contributed by atoms with Crippen LogP contribution < -0.4 is 22.1 Å². The van der Waals surface area contributed by atoms with Crippen LogP contribution in [0.4, 0.5) is 23.5 Å². The quantitative estimate of drug-likeness (QED) is 0.111. The monoisotopic (exact) mass is 694 g/mol. The van der Waals surface area contributed by atoms with E-state index < -0.39 is 0 Å². The molecule has 4 aromatic rings. The highest BCUT2D eigenvalue weighted by Crippen LogP contribution is 2.37. The minimum absolute atomic E-state index is 0.162. The van der Waals surface area contributed by atoms with Gasteiger partial charge in [0.1, 0.15) is 11.6 Å². The van der Waals surface area contributed by atoms with Gasteiger partial charge in [0.2, 0.25) is 11.9 Å². The molecule has 0 amide bonds. The Morgan fingerprint density at radius 2 is 1.17 bits per heavy atom. The number of nitrogens with zero attached hydrogens (tertiary/aromatic N) is 4. The molecule has 2 aromatic carbocycles. The number of aryl methyl sites for hydroxylation is 2. The van der Waals surface area contributed by atoms with Crippen molar-refractivity contribution in [2.24, 2.45) is 0 Å². The second kappa shape index (κ2) is 16.7. The van der Waals surface area contributed by atoms with Gasteiger partial charge in [0, 0.05) is 39.3 Å². The van der Waals surface area contributed by atoms with Crippen molar-refractivity contribution in [2.45, 2.75) is 109 Å². The largest absolute Gasteiger partial charge is 0.393 e. The van der Waals surface area contributed by atoms with Crippen LogP contribution in [0, 0.1) is 13.8 Å². The van der Waals surface area contributed by atoms with E-state index in [1.807, 2.05) is 25.1 Å². The summed E-state index contributed by atoms with van der Waals surface area (Å²) in [6, 6.07) is 14.8. The molecule has 0 unspecified atom stereocenters. The van der Waals surface area contributed by atoms with Crippen molar-refractivity contribution in [1.82, 2.24) is 19.9 Å². The number of nitrogen functional groups attached to an aromatic ring is 2. The average molecular weight is 695 g/mol. The second-order valence-corrected chi connectivity index (χ2v) is 14.7. The van der Waals surface area contributed by atoms with Gasteiger partial charge in [0.25, 0.3) is 0 Å². The molecule has 2 fully saturated rings. The zero-order valence-corrected chi connectivity index (χ0v) is 29.1. The smallest absolute Gasteiger partial charge is 0.221 e. The van der Waals surface area contributed by atoms with Crippen LogP contribution in [0.2, 0.25) is 5.02 Å². The molecule has 0 aliphatic heterocycles. The van der Waals surface area contributed by atoms with Crippen molar-refractivity contribution in [3.8, 4) is 0 Å². The van der Waals surface area contributed by atoms with E-state index in [0.29, 0.717) is 12.1 Å². The number of aliphatic hydroxyl groups is 2. The van der Waals surface area contributed by atoms with Crippen LogP contribution in [0.5, 0.6) is 0 Å². The van der Waals surface area contributed by atoms with Crippen LogP contribution in [0.1, 0.15) is 62.5 Å². The third kappa shape index (κ3) is 10.6. The number of nitrogens with two attached hydrogens (primary N) is 2. The van der Waals surface area contributed by atoms with Crippen molar-refractivity contribution < 1.29 is 10.2 Å². The molecule has 2 aromatic heterocycles. The first kappa shape index (κ1) is 35.0. The van der Waals surface area contributed by atoms with Gasteiger partial charge < -0.3 is 32.3 Å². The van der Waals surface area contributed by atoms with Gasteiger partial charge in [0.05, 0.1) is 22.0 Å². The third-order valence-electron chi connectivity index (χ3n) is 8.23. The molecule has 0 radical (unpaired) electrons. The van der Waals surface area contributed by atoms with Crippen molar-refractivity contribution in [3.63, 3.8) is 0 Å². The Morgan fingerprint density at radius 1 is 0.681 bits per heavy atom. The fourth-order valence-electron chi connectivity index (χ4n) is 5.53. The van der Waals surface area contributed by atoms with E-state index in [1.54, 1.807) is 35.9 Å². The van der Waals surface area contributed by atoms with Crippen molar-refractivity contribution in [1.29, 1.82) is 0 Å². The average Bonchev–Trinajstić information content (AvgIpc) is 3.04. The van der Waals surface area contributed by atoms with E-state index in [-0.39, 0.29) is 24.1 Å². The lowest BCUT2D eigenvalue weighted by molar-refractivity contribution is 0.125. The van der Waals surface area contributed by atoms with Gasteiger partial charge in [0.15, 0.2) is 0 Å². The van der Waals surface area contributed by atoms with E-state index in [0.717, 1.165) is 93.2 Å². The van der Waals surface area contributed by atoms with E-state index in [9.17, 15) is 10.2 Å². The summed E-state index contributed by atoms with van der Waals surface area (Å²) in [6.45, 7) is 4.10. The van der Waals surface area contributed by atoms with Crippen LogP contribution in [0.25, 0.3) is 0 Å². The summed E-state index contributed by atoms with van der Waals surface area (Å²) in [6.07, 6.45) is 10.2. The molecule has 2 aliphatic rings. The third-order valence-corrected chi connectivity index (χ3v) is 10.7. The molecule has 250 valence electrons. The molecule has 0 saturated heterocycles. The van der Waals surface area contributed by atoms with Crippen LogP contribution in [-0.4, -0.2) is 54.4 Å². The molecule has 6 rings (SSSR count). The van der Waals surface area contributed by atoms with E-state index >= 15 is 0 Å². The maximum Gasteiger partial charge on any atom is 0.221 e. The predicted octanol–water partition coefficient (Wildman–Crippen LogP) is 7.12. The fraction of sp³-hybridized carbons (Fsp3) is 0.412. The van der Waals surface area contributed by atoms with Gasteiger partial charge in [-0.1, -0.05) is 52.8 Å². The van der Waals surface area contributed by atoms with E-state index in [4.69, 9.17) is 23.1 Å². The minimum atomic E-state index is -0.177. The Hall–Kier alpha value is -3.29. The van der Waals surface area contributed by atoms with Crippen LogP contribution >= 0.6 is 35.1 Å². The summed E-state index contributed by atoms with van der Waals surface area (Å²) in [4.78, 5) is 21.1. The second-order valence-electron chi connectivity index (χ2n) is 12.1. The molecule has 10 nitrogen and oxygen atoms in total. The molecule has 0 atom stereocenters. The number of anilines is 4.